The van der Waals surface area contributed by atoms with Crippen LogP contribution in [0, 0.1) is 0 Å². The van der Waals surface area contributed by atoms with Gasteiger partial charge in [-0.1, -0.05) is 13.8 Å². The van der Waals surface area contributed by atoms with Crippen molar-refractivity contribution in [2.24, 2.45) is 0 Å². The standard InChI is InChI=1S/C15H24N2O2S/c1-5-15(6-2,20-4)10-17-13-9-11(14(18)19-3)7-8-12(13)16/h7-9,17H,5-6,10,16H2,1-4H3. The lowest BCUT2D eigenvalue weighted by Gasteiger charge is -2.30. The van der Waals surface area contributed by atoms with Gasteiger partial charge in [-0.2, -0.15) is 11.8 Å². The van der Waals surface area contributed by atoms with E-state index in [4.69, 9.17) is 10.5 Å². The number of thioether (sulfide) groups is 1. The van der Waals surface area contributed by atoms with Crippen molar-refractivity contribution in [3.05, 3.63) is 23.8 Å². The fourth-order valence-electron chi connectivity index (χ4n) is 2.07. The Morgan fingerprint density at radius 1 is 1.40 bits per heavy atom. The van der Waals surface area contributed by atoms with Crippen LogP contribution in [0.3, 0.4) is 0 Å². The monoisotopic (exact) mass is 296 g/mol. The molecule has 1 rings (SSSR count). The van der Waals surface area contributed by atoms with Crippen LogP contribution in [0.5, 0.6) is 0 Å². The first-order chi connectivity index (χ1) is 9.51. The summed E-state index contributed by atoms with van der Waals surface area (Å²) in [5, 5.41) is 3.37. The number of nitrogens with two attached hydrogens (primary N) is 1. The minimum Gasteiger partial charge on any atom is -0.465 e. The molecule has 0 aliphatic rings. The molecule has 0 aliphatic heterocycles. The molecule has 0 saturated carbocycles. The van der Waals surface area contributed by atoms with E-state index in [2.05, 4.69) is 25.4 Å². The molecule has 4 nitrogen and oxygen atoms in total. The molecule has 112 valence electrons. The maximum Gasteiger partial charge on any atom is 0.337 e. The Hall–Kier alpha value is -1.36. The lowest BCUT2D eigenvalue weighted by molar-refractivity contribution is 0.0601. The molecule has 0 saturated heterocycles. The fraction of sp³-hybridized carbons (Fsp3) is 0.533. The van der Waals surface area contributed by atoms with Gasteiger partial charge in [0.1, 0.15) is 0 Å². The minimum absolute atomic E-state index is 0.188. The summed E-state index contributed by atoms with van der Waals surface area (Å²) in [6.45, 7) is 5.20. The zero-order chi connectivity index (χ0) is 15.2. The Bertz CT molecular complexity index is 451. The third kappa shape index (κ3) is 3.82. The number of rotatable bonds is 7. The van der Waals surface area contributed by atoms with Crippen LogP contribution in [-0.4, -0.2) is 30.6 Å². The summed E-state index contributed by atoms with van der Waals surface area (Å²) in [4.78, 5) is 11.6. The van der Waals surface area contributed by atoms with Crippen LogP contribution < -0.4 is 11.1 Å². The van der Waals surface area contributed by atoms with Crippen LogP contribution in [0.2, 0.25) is 0 Å². The predicted molar refractivity (Wildman–Crippen MR) is 87.5 cm³/mol. The number of carbonyl (C=O) groups excluding carboxylic acids is 1. The number of nitrogen functional groups attached to an aromatic ring is 1. The molecule has 20 heavy (non-hydrogen) atoms. The average molecular weight is 296 g/mol. The highest BCUT2D eigenvalue weighted by molar-refractivity contribution is 8.00. The second-order valence-corrected chi connectivity index (χ2v) is 6.02. The van der Waals surface area contributed by atoms with Crippen LogP contribution in [0.25, 0.3) is 0 Å². The Kier molecular flexibility index (Phi) is 6.20. The Morgan fingerprint density at radius 3 is 2.55 bits per heavy atom. The number of benzene rings is 1. The normalized spacial score (nSPS) is 11.2. The summed E-state index contributed by atoms with van der Waals surface area (Å²) in [6.07, 6.45) is 4.28. The first-order valence-electron chi connectivity index (χ1n) is 6.78. The SMILES string of the molecule is CCC(CC)(CNc1cc(C(=O)OC)ccc1N)SC. The van der Waals surface area contributed by atoms with Gasteiger partial charge in [-0.15, -0.1) is 0 Å². The van der Waals surface area contributed by atoms with Gasteiger partial charge in [-0.05, 0) is 37.3 Å². The van der Waals surface area contributed by atoms with E-state index in [0.29, 0.717) is 11.3 Å². The number of methoxy groups -OCH3 is 1. The van der Waals surface area contributed by atoms with E-state index in [1.807, 2.05) is 11.8 Å². The summed E-state index contributed by atoms with van der Waals surface area (Å²) < 4.78 is 4.92. The lowest BCUT2D eigenvalue weighted by atomic mass is 10.0. The molecule has 0 amide bonds. The molecule has 1 aromatic rings. The molecule has 5 heteroatoms. The van der Waals surface area contributed by atoms with Crippen molar-refractivity contribution in [1.29, 1.82) is 0 Å². The highest BCUT2D eigenvalue weighted by Gasteiger charge is 2.24. The van der Waals surface area contributed by atoms with Crippen LogP contribution in [0.4, 0.5) is 11.4 Å². The van der Waals surface area contributed by atoms with Crippen molar-refractivity contribution in [3.63, 3.8) is 0 Å². The highest BCUT2D eigenvalue weighted by atomic mass is 32.2. The maximum atomic E-state index is 11.6. The fourth-order valence-corrected chi connectivity index (χ4v) is 2.87. The van der Waals surface area contributed by atoms with E-state index in [-0.39, 0.29) is 10.7 Å². The zero-order valence-corrected chi connectivity index (χ0v) is 13.5. The molecule has 3 N–H and O–H groups in total. The number of anilines is 2. The van der Waals surface area contributed by atoms with Crippen molar-refractivity contribution in [2.45, 2.75) is 31.4 Å². The van der Waals surface area contributed by atoms with Crippen LogP contribution >= 0.6 is 11.8 Å². The van der Waals surface area contributed by atoms with E-state index >= 15 is 0 Å². The molecule has 0 heterocycles. The first-order valence-corrected chi connectivity index (χ1v) is 8.01. The van der Waals surface area contributed by atoms with Crippen LogP contribution in [0.1, 0.15) is 37.0 Å². The molecule has 0 aromatic heterocycles. The van der Waals surface area contributed by atoms with E-state index in [1.165, 1.54) is 7.11 Å². The van der Waals surface area contributed by atoms with Crippen molar-refractivity contribution in [1.82, 2.24) is 0 Å². The second-order valence-electron chi connectivity index (χ2n) is 4.74. The Balaban J connectivity index is 2.89. The number of hydrogen-bond acceptors (Lipinski definition) is 5. The van der Waals surface area contributed by atoms with Gasteiger partial charge in [-0.3, -0.25) is 0 Å². The second kappa shape index (κ2) is 7.43. The number of carbonyl (C=O) groups is 1. The van der Waals surface area contributed by atoms with E-state index in [0.717, 1.165) is 25.1 Å². The van der Waals surface area contributed by atoms with Crippen LogP contribution in [0.15, 0.2) is 18.2 Å². The van der Waals surface area contributed by atoms with E-state index in [1.54, 1.807) is 18.2 Å². The van der Waals surface area contributed by atoms with E-state index in [9.17, 15) is 4.79 Å². The summed E-state index contributed by atoms with van der Waals surface area (Å²) in [7, 11) is 1.37. The first kappa shape index (κ1) is 16.7. The smallest absolute Gasteiger partial charge is 0.337 e. The van der Waals surface area contributed by atoms with Gasteiger partial charge in [0.25, 0.3) is 0 Å². The van der Waals surface area contributed by atoms with Gasteiger partial charge < -0.3 is 15.8 Å². The summed E-state index contributed by atoms with van der Waals surface area (Å²) >= 11 is 1.86. The Morgan fingerprint density at radius 2 is 2.05 bits per heavy atom. The molecule has 0 atom stereocenters. The van der Waals surface area contributed by atoms with Crippen molar-refractivity contribution in [3.8, 4) is 0 Å². The molecule has 0 aliphatic carbocycles. The number of nitrogens with one attached hydrogen (secondary N) is 1. The van der Waals surface area contributed by atoms with Gasteiger partial charge in [-0.25, -0.2) is 4.79 Å². The summed E-state index contributed by atoms with van der Waals surface area (Å²) in [5.74, 6) is -0.352. The number of hydrogen-bond donors (Lipinski definition) is 2. The van der Waals surface area contributed by atoms with Gasteiger partial charge in [0.2, 0.25) is 0 Å². The molecule has 0 fully saturated rings. The van der Waals surface area contributed by atoms with Gasteiger partial charge in [0, 0.05) is 11.3 Å². The largest absolute Gasteiger partial charge is 0.465 e. The molecule has 1 aromatic carbocycles. The number of esters is 1. The lowest BCUT2D eigenvalue weighted by Crippen LogP contribution is -2.32. The molecule has 0 spiro atoms. The van der Waals surface area contributed by atoms with Crippen molar-refractivity contribution < 1.29 is 9.53 Å². The van der Waals surface area contributed by atoms with Crippen molar-refractivity contribution in [2.75, 3.05) is 31.0 Å². The maximum absolute atomic E-state index is 11.6. The minimum atomic E-state index is -0.352. The molecule has 0 bridgehead atoms. The molecular weight excluding hydrogens is 272 g/mol. The third-order valence-corrected chi connectivity index (χ3v) is 5.38. The van der Waals surface area contributed by atoms with Gasteiger partial charge in [0.15, 0.2) is 0 Å². The zero-order valence-electron chi connectivity index (χ0n) is 12.7. The average Bonchev–Trinajstić information content (AvgIpc) is 2.50. The Labute approximate surface area is 125 Å². The molecule has 0 unspecified atom stereocenters. The molecule has 0 radical (unpaired) electrons. The van der Waals surface area contributed by atoms with Crippen LogP contribution in [-0.2, 0) is 4.74 Å². The summed E-state index contributed by atoms with van der Waals surface area (Å²) in [6, 6.07) is 5.15. The topological polar surface area (TPSA) is 64.3 Å². The highest BCUT2D eigenvalue weighted by Crippen LogP contribution is 2.31. The number of ether oxygens (including phenoxy) is 1. The van der Waals surface area contributed by atoms with Crippen molar-refractivity contribution >= 4 is 29.1 Å². The quantitative estimate of drug-likeness (QED) is 0.596. The van der Waals surface area contributed by atoms with Gasteiger partial charge in [0.05, 0.1) is 24.0 Å². The third-order valence-electron chi connectivity index (χ3n) is 3.80. The summed E-state index contributed by atoms with van der Waals surface area (Å²) in [5.41, 5.74) is 7.89. The van der Waals surface area contributed by atoms with Gasteiger partial charge >= 0.3 is 5.97 Å². The van der Waals surface area contributed by atoms with E-state index < -0.39 is 0 Å². The molecular formula is C15H24N2O2S. The predicted octanol–water partition coefficient (Wildman–Crippen LogP) is 3.39.